The summed E-state index contributed by atoms with van der Waals surface area (Å²) in [7, 11) is -1.48. The first-order chi connectivity index (χ1) is 15.6. The van der Waals surface area contributed by atoms with Gasteiger partial charge in [0.05, 0.1) is 6.04 Å². The number of amides is 1. The van der Waals surface area contributed by atoms with E-state index in [-0.39, 0.29) is 24.0 Å². The highest BCUT2D eigenvalue weighted by Gasteiger charge is 2.53. The van der Waals surface area contributed by atoms with Crippen molar-refractivity contribution in [2.45, 2.75) is 58.7 Å². The van der Waals surface area contributed by atoms with Gasteiger partial charge in [-0.15, -0.1) is 11.3 Å². The standard InChI is InChI=1S/C22H33N3O4S3Si/c1-8-10-27-20(26)25-15(12-14(22(2,3)4)18(25)29-33(6)7)17(28-21(30)31-5)16-19-24(13-23-16)9-11-32-19/h8-9,11,13-15,17-18,33H,1,10,12H2,2-7H3/t14-,15-,17?,18?/m0/s1. The second kappa shape index (κ2) is 10.9. The third kappa shape index (κ3) is 5.81. The zero-order chi connectivity index (χ0) is 24.3. The van der Waals surface area contributed by atoms with Crippen LogP contribution in [0.4, 0.5) is 4.79 Å². The molecule has 0 spiro atoms. The molecule has 0 radical (unpaired) electrons. The number of carbonyl (C=O) groups is 1. The highest BCUT2D eigenvalue weighted by Crippen LogP contribution is 2.47. The molecule has 0 N–H and O–H groups in total. The molecule has 1 saturated heterocycles. The van der Waals surface area contributed by atoms with Crippen molar-refractivity contribution in [2.24, 2.45) is 11.3 Å². The van der Waals surface area contributed by atoms with Crippen LogP contribution in [0.25, 0.3) is 4.83 Å². The molecule has 0 bridgehead atoms. The Morgan fingerprint density at radius 3 is 2.82 bits per heavy atom. The average Bonchev–Trinajstić information content (AvgIpc) is 3.44. The summed E-state index contributed by atoms with van der Waals surface area (Å²) in [6.45, 7) is 14.6. The second-order valence-electron chi connectivity index (χ2n) is 9.36. The van der Waals surface area contributed by atoms with Crippen molar-refractivity contribution in [1.82, 2.24) is 14.3 Å². The average molecular weight is 528 g/mol. The Hall–Kier alpha value is -1.40. The first-order valence-corrected chi connectivity index (χ1v) is 16.2. The summed E-state index contributed by atoms with van der Waals surface area (Å²) in [4.78, 5) is 20.8. The summed E-state index contributed by atoms with van der Waals surface area (Å²) in [5.41, 5.74) is 0.666. The second-order valence-corrected chi connectivity index (χ2v) is 14.0. The van der Waals surface area contributed by atoms with Crippen LogP contribution in [-0.2, 0) is 13.9 Å². The Kier molecular flexibility index (Phi) is 8.65. The van der Waals surface area contributed by atoms with Crippen LogP contribution in [0, 0.1) is 11.3 Å². The first-order valence-electron chi connectivity index (χ1n) is 10.9. The van der Waals surface area contributed by atoms with Gasteiger partial charge in [-0.2, -0.15) is 0 Å². The Morgan fingerprint density at radius 2 is 2.21 bits per heavy atom. The molecule has 1 amide bonds. The smallest absolute Gasteiger partial charge is 0.412 e. The summed E-state index contributed by atoms with van der Waals surface area (Å²) in [6.07, 6.45) is 6.48. The van der Waals surface area contributed by atoms with Crippen LogP contribution < -0.4 is 0 Å². The molecule has 182 valence electrons. The van der Waals surface area contributed by atoms with Crippen LogP contribution >= 0.6 is 35.3 Å². The molecule has 4 atom stereocenters. The number of ether oxygens (including phenoxy) is 2. The van der Waals surface area contributed by atoms with Gasteiger partial charge in [0.25, 0.3) is 0 Å². The van der Waals surface area contributed by atoms with Gasteiger partial charge in [-0.3, -0.25) is 9.30 Å². The molecule has 1 fully saturated rings. The molecular weight excluding hydrogens is 495 g/mol. The summed E-state index contributed by atoms with van der Waals surface area (Å²) in [5, 5.41) is 2.00. The van der Waals surface area contributed by atoms with Crippen LogP contribution in [0.1, 0.15) is 39.0 Å². The van der Waals surface area contributed by atoms with Crippen molar-refractivity contribution >= 4 is 59.7 Å². The molecule has 3 rings (SSSR count). The summed E-state index contributed by atoms with van der Waals surface area (Å²) in [6, 6.07) is -0.352. The number of aromatic nitrogens is 2. The van der Waals surface area contributed by atoms with Crippen LogP contribution in [0.3, 0.4) is 0 Å². The van der Waals surface area contributed by atoms with Crippen LogP contribution in [0.2, 0.25) is 13.1 Å². The predicted octanol–water partition coefficient (Wildman–Crippen LogP) is 5.49. The number of hydrogen-bond donors (Lipinski definition) is 0. The number of fused-ring (bicyclic) bond motifs is 1. The third-order valence-corrected chi connectivity index (χ3v) is 8.47. The first kappa shape index (κ1) is 26.2. The maximum absolute atomic E-state index is 13.4. The van der Waals surface area contributed by atoms with Gasteiger partial charge in [0.2, 0.25) is 4.38 Å². The quantitative estimate of drug-likeness (QED) is 0.268. The van der Waals surface area contributed by atoms with Gasteiger partial charge in [-0.25, -0.2) is 9.78 Å². The molecule has 2 aromatic heterocycles. The van der Waals surface area contributed by atoms with Crippen LogP contribution in [0.15, 0.2) is 30.6 Å². The number of thiocarbonyl (C=S) groups is 1. The Labute approximate surface area is 211 Å². The molecule has 0 aromatic carbocycles. The van der Waals surface area contributed by atoms with E-state index < -0.39 is 27.5 Å². The molecule has 1 aliphatic rings. The van der Waals surface area contributed by atoms with Crippen molar-refractivity contribution < 1.29 is 18.7 Å². The van der Waals surface area contributed by atoms with Crippen molar-refractivity contribution in [1.29, 1.82) is 0 Å². The Bertz CT molecular complexity index is 987. The molecule has 1 aliphatic heterocycles. The lowest BCUT2D eigenvalue weighted by molar-refractivity contribution is -0.0272. The Morgan fingerprint density at radius 1 is 1.48 bits per heavy atom. The Balaban J connectivity index is 2.11. The zero-order valence-electron chi connectivity index (χ0n) is 20.0. The van der Waals surface area contributed by atoms with Gasteiger partial charge in [0, 0.05) is 17.5 Å². The molecule has 2 aromatic rings. The molecule has 2 unspecified atom stereocenters. The fraction of sp³-hybridized carbons (Fsp3) is 0.591. The molecule has 0 aliphatic carbocycles. The van der Waals surface area contributed by atoms with Gasteiger partial charge in [0.15, 0.2) is 15.1 Å². The number of hydrogen-bond acceptors (Lipinski definition) is 8. The van der Waals surface area contributed by atoms with E-state index in [4.69, 9.17) is 26.1 Å². The minimum Gasteiger partial charge on any atom is -0.466 e. The van der Waals surface area contributed by atoms with Crippen molar-refractivity contribution in [3.8, 4) is 0 Å². The van der Waals surface area contributed by atoms with E-state index in [9.17, 15) is 4.79 Å². The zero-order valence-corrected chi connectivity index (χ0v) is 23.6. The molecule has 33 heavy (non-hydrogen) atoms. The molecule has 3 heterocycles. The number of carbonyl (C=O) groups excluding carboxylic acids is 1. The van der Waals surface area contributed by atoms with Gasteiger partial charge in [-0.1, -0.05) is 45.2 Å². The van der Waals surface area contributed by atoms with Crippen molar-refractivity contribution in [3.63, 3.8) is 0 Å². The molecule has 0 saturated carbocycles. The highest BCUT2D eigenvalue weighted by molar-refractivity contribution is 8.22. The maximum atomic E-state index is 13.4. The highest BCUT2D eigenvalue weighted by atomic mass is 32.2. The lowest BCUT2D eigenvalue weighted by Crippen LogP contribution is -2.49. The van der Waals surface area contributed by atoms with Gasteiger partial charge < -0.3 is 13.9 Å². The van der Waals surface area contributed by atoms with Gasteiger partial charge >= 0.3 is 6.09 Å². The van der Waals surface area contributed by atoms with Crippen LogP contribution in [0.5, 0.6) is 0 Å². The van der Waals surface area contributed by atoms with Gasteiger partial charge in [0.1, 0.15) is 29.7 Å². The minimum absolute atomic E-state index is 0.0871. The van der Waals surface area contributed by atoms with E-state index in [2.05, 4.69) is 45.4 Å². The summed E-state index contributed by atoms with van der Waals surface area (Å²) >= 11 is 8.40. The van der Waals surface area contributed by atoms with Crippen LogP contribution in [-0.4, -0.2) is 58.9 Å². The fourth-order valence-corrected chi connectivity index (χ4v) is 6.24. The molecule has 11 heteroatoms. The lowest BCUT2D eigenvalue weighted by atomic mass is 9.78. The van der Waals surface area contributed by atoms with E-state index in [0.29, 0.717) is 10.8 Å². The largest absolute Gasteiger partial charge is 0.466 e. The summed E-state index contributed by atoms with van der Waals surface area (Å²) < 4.78 is 20.7. The maximum Gasteiger partial charge on any atom is 0.412 e. The third-order valence-electron chi connectivity index (χ3n) is 5.72. The normalized spacial score (nSPS) is 22.0. The van der Waals surface area contributed by atoms with E-state index in [1.807, 2.05) is 22.2 Å². The number of thiazole rings is 1. The molecular formula is C22H33N3O4S3Si. The van der Waals surface area contributed by atoms with Crippen molar-refractivity contribution in [3.05, 3.63) is 36.3 Å². The van der Waals surface area contributed by atoms with E-state index in [1.165, 1.54) is 11.8 Å². The summed E-state index contributed by atoms with van der Waals surface area (Å²) in [5.74, 6) is 0.0871. The SMILES string of the molecule is C=CCOC(=O)N1C(O[SiH](C)C)[C@@H](C(C)(C)C)C[C@H]1C(OC(=S)SC)c1ncn2ccsc12. The number of nitrogens with zero attached hydrogens (tertiary/aromatic N) is 3. The number of likely N-dealkylation sites (tertiary alicyclic amines) is 1. The number of imidazole rings is 1. The van der Waals surface area contributed by atoms with E-state index >= 15 is 0 Å². The monoisotopic (exact) mass is 527 g/mol. The van der Waals surface area contributed by atoms with Gasteiger partial charge in [-0.05, 0) is 43.4 Å². The lowest BCUT2D eigenvalue weighted by Gasteiger charge is -2.37. The topological polar surface area (TPSA) is 65.3 Å². The number of rotatable bonds is 7. The minimum atomic E-state index is -1.48. The molecule has 7 nitrogen and oxygen atoms in total. The fourth-order valence-electron chi connectivity index (χ4n) is 4.22. The van der Waals surface area contributed by atoms with E-state index in [0.717, 1.165) is 10.5 Å². The predicted molar refractivity (Wildman–Crippen MR) is 141 cm³/mol. The number of thioether (sulfide) groups is 1. The van der Waals surface area contributed by atoms with Crippen molar-refractivity contribution in [2.75, 3.05) is 12.9 Å². The van der Waals surface area contributed by atoms with E-state index in [1.54, 1.807) is 28.6 Å².